The van der Waals surface area contributed by atoms with Crippen molar-refractivity contribution in [3.05, 3.63) is 47.0 Å². The second-order valence-electron chi connectivity index (χ2n) is 4.92. The Morgan fingerprint density at radius 2 is 2.14 bits per heavy atom. The van der Waals surface area contributed by atoms with E-state index >= 15 is 0 Å². The van der Waals surface area contributed by atoms with Crippen LogP contribution in [0.4, 0.5) is 5.13 Å². The Bertz CT molecular complexity index is 586. The van der Waals surface area contributed by atoms with Crippen LogP contribution in [0, 0.1) is 0 Å². The summed E-state index contributed by atoms with van der Waals surface area (Å²) in [6.07, 6.45) is 2.65. The van der Waals surface area contributed by atoms with Crippen LogP contribution < -0.4 is 5.73 Å². The Balaban J connectivity index is 1.95. The molecule has 0 atom stereocenters. The molecule has 2 rings (SSSR count). The number of nitrogens with two attached hydrogens (primary N) is 1. The molecule has 0 saturated heterocycles. The molecule has 0 saturated carbocycles. The molecule has 0 spiro atoms. The van der Waals surface area contributed by atoms with Crippen molar-refractivity contribution in [1.29, 1.82) is 0 Å². The molecule has 5 nitrogen and oxygen atoms in total. The van der Waals surface area contributed by atoms with Crippen molar-refractivity contribution in [2.75, 3.05) is 25.4 Å². The van der Waals surface area contributed by atoms with Crippen molar-refractivity contribution >= 4 is 22.4 Å². The average Bonchev–Trinajstić information content (AvgIpc) is 2.91. The van der Waals surface area contributed by atoms with Crippen LogP contribution in [0.1, 0.15) is 17.4 Å². The number of thiazole rings is 1. The van der Waals surface area contributed by atoms with Gasteiger partial charge in [-0.15, -0.1) is 11.3 Å². The van der Waals surface area contributed by atoms with Gasteiger partial charge in [0.25, 0.3) is 0 Å². The van der Waals surface area contributed by atoms with Gasteiger partial charge in [0.05, 0.1) is 13.2 Å². The van der Waals surface area contributed by atoms with Crippen molar-refractivity contribution in [1.82, 2.24) is 9.88 Å². The molecule has 1 aromatic heterocycles. The van der Waals surface area contributed by atoms with Gasteiger partial charge >= 0.3 is 5.97 Å². The fraction of sp³-hybridized carbons (Fsp3) is 0.375. The third-order valence-electron chi connectivity index (χ3n) is 3.17. The third-order valence-corrected chi connectivity index (χ3v) is 3.98. The van der Waals surface area contributed by atoms with Crippen LogP contribution in [0.2, 0.25) is 0 Å². The van der Waals surface area contributed by atoms with E-state index in [0.29, 0.717) is 18.3 Å². The normalized spacial score (nSPS) is 10.8. The number of carbonyl (C=O) groups excluding carboxylic acids is 1. The molecule has 2 aromatic rings. The summed E-state index contributed by atoms with van der Waals surface area (Å²) < 4.78 is 5.05. The maximum Gasteiger partial charge on any atom is 0.320 e. The van der Waals surface area contributed by atoms with Crippen LogP contribution in [0.15, 0.2) is 36.5 Å². The fourth-order valence-electron chi connectivity index (χ4n) is 2.15. The molecule has 0 unspecified atom stereocenters. The van der Waals surface area contributed by atoms with E-state index in [2.05, 4.69) is 22.0 Å². The summed E-state index contributed by atoms with van der Waals surface area (Å²) in [6, 6.07) is 10.2. The Labute approximate surface area is 134 Å². The minimum absolute atomic E-state index is 0.201. The third kappa shape index (κ3) is 5.46. The molecule has 0 aliphatic rings. The maximum absolute atomic E-state index is 11.8. The number of aromatic nitrogens is 1. The first-order valence-electron chi connectivity index (χ1n) is 7.29. The Hall–Kier alpha value is -1.92. The summed E-state index contributed by atoms with van der Waals surface area (Å²) in [7, 11) is 0. The van der Waals surface area contributed by atoms with Crippen molar-refractivity contribution in [2.45, 2.75) is 19.9 Å². The van der Waals surface area contributed by atoms with Crippen LogP contribution in [0.3, 0.4) is 0 Å². The Morgan fingerprint density at radius 1 is 1.36 bits per heavy atom. The van der Waals surface area contributed by atoms with Gasteiger partial charge in [-0.2, -0.15) is 0 Å². The molecule has 2 N–H and O–H groups in total. The first-order chi connectivity index (χ1) is 10.7. The Morgan fingerprint density at radius 3 is 2.77 bits per heavy atom. The summed E-state index contributed by atoms with van der Waals surface area (Å²) in [6.45, 7) is 3.93. The van der Waals surface area contributed by atoms with Gasteiger partial charge in [0.15, 0.2) is 5.13 Å². The van der Waals surface area contributed by atoms with E-state index in [0.717, 1.165) is 17.8 Å². The topological polar surface area (TPSA) is 68.5 Å². The average molecular weight is 319 g/mol. The van der Waals surface area contributed by atoms with E-state index in [1.54, 1.807) is 6.20 Å². The summed E-state index contributed by atoms with van der Waals surface area (Å²) in [4.78, 5) is 18.9. The highest BCUT2D eigenvalue weighted by molar-refractivity contribution is 7.15. The van der Waals surface area contributed by atoms with Gasteiger partial charge in [-0.1, -0.05) is 30.3 Å². The lowest BCUT2D eigenvalue weighted by Crippen LogP contribution is -2.32. The fourth-order valence-corrected chi connectivity index (χ4v) is 2.88. The number of carbonyl (C=O) groups is 1. The van der Waals surface area contributed by atoms with Gasteiger partial charge in [0.2, 0.25) is 0 Å². The zero-order chi connectivity index (χ0) is 15.8. The van der Waals surface area contributed by atoms with E-state index in [-0.39, 0.29) is 12.5 Å². The Kier molecular flexibility index (Phi) is 6.36. The lowest BCUT2D eigenvalue weighted by atomic mass is 10.1. The van der Waals surface area contributed by atoms with E-state index in [4.69, 9.17) is 10.5 Å². The number of rotatable bonds is 8. The van der Waals surface area contributed by atoms with Crippen molar-refractivity contribution in [3.8, 4) is 0 Å². The molecule has 22 heavy (non-hydrogen) atoms. The summed E-state index contributed by atoms with van der Waals surface area (Å²) in [5, 5.41) is 0.550. The molecule has 0 bridgehead atoms. The van der Waals surface area contributed by atoms with Crippen molar-refractivity contribution < 1.29 is 9.53 Å². The molecule has 118 valence electrons. The predicted molar refractivity (Wildman–Crippen MR) is 88.6 cm³/mol. The maximum atomic E-state index is 11.8. The van der Waals surface area contributed by atoms with Gasteiger partial charge in [0.1, 0.15) is 0 Å². The van der Waals surface area contributed by atoms with Gasteiger partial charge in [-0.05, 0) is 18.9 Å². The smallest absolute Gasteiger partial charge is 0.320 e. The lowest BCUT2D eigenvalue weighted by Gasteiger charge is -2.20. The highest BCUT2D eigenvalue weighted by atomic mass is 32.1. The summed E-state index contributed by atoms with van der Waals surface area (Å²) in [5.41, 5.74) is 6.92. The standard InChI is InChI=1S/C16H21N3O2S/c1-2-21-15(20)12-19(11-14-10-18-16(17)22-14)9-8-13-6-4-3-5-7-13/h3-7,10H,2,8-9,11-12H2,1H3,(H2,17,18). The van der Waals surface area contributed by atoms with Crippen LogP contribution in [-0.2, 0) is 22.5 Å². The van der Waals surface area contributed by atoms with E-state index in [1.807, 2.05) is 25.1 Å². The quantitative estimate of drug-likeness (QED) is 0.756. The predicted octanol–water partition coefficient (Wildman–Crippen LogP) is 2.33. The highest BCUT2D eigenvalue weighted by Crippen LogP contribution is 2.17. The van der Waals surface area contributed by atoms with Crippen LogP contribution in [0.5, 0.6) is 0 Å². The number of hydrogen-bond donors (Lipinski definition) is 1. The molecule has 1 aromatic carbocycles. The number of anilines is 1. The second kappa shape index (κ2) is 8.51. The molecule has 0 fully saturated rings. The van der Waals surface area contributed by atoms with Gasteiger partial charge in [-0.25, -0.2) is 4.98 Å². The molecular formula is C16H21N3O2S. The molecule has 0 aliphatic heterocycles. The van der Waals surface area contributed by atoms with E-state index in [9.17, 15) is 4.79 Å². The van der Waals surface area contributed by atoms with E-state index in [1.165, 1.54) is 16.9 Å². The van der Waals surface area contributed by atoms with Gasteiger partial charge < -0.3 is 10.5 Å². The van der Waals surface area contributed by atoms with Crippen LogP contribution >= 0.6 is 11.3 Å². The molecule has 6 heteroatoms. The monoisotopic (exact) mass is 319 g/mol. The highest BCUT2D eigenvalue weighted by Gasteiger charge is 2.13. The first-order valence-corrected chi connectivity index (χ1v) is 8.11. The zero-order valence-electron chi connectivity index (χ0n) is 12.7. The van der Waals surface area contributed by atoms with Gasteiger partial charge in [0, 0.05) is 24.2 Å². The number of nitrogens with zero attached hydrogens (tertiary/aromatic N) is 2. The number of nitrogen functional groups attached to an aromatic ring is 1. The van der Waals surface area contributed by atoms with E-state index < -0.39 is 0 Å². The van der Waals surface area contributed by atoms with Crippen molar-refractivity contribution in [2.24, 2.45) is 0 Å². The zero-order valence-corrected chi connectivity index (χ0v) is 13.5. The molecule has 0 amide bonds. The molecule has 0 aliphatic carbocycles. The largest absolute Gasteiger partial charge is 0.465 e. The molecule has 1 heterocycles. The first kappa shape index (κ1) is 16.5. The molecular weight excluding hydrogens is 298 g/mol. The summed E-state index contributed by atoms with van der Waals surface area (Å²) in [5.74, 6) is -0.201. The number of ether oxygens (including phenoxy) is 1. The minimum Gasteiger partial charge on any atom is -0.465 e. The minimum atomic E-state index is -0.201. The second-order valence-corrected chi connectivity index (χ2v) is 6.06. The number of esters is 1. The lowest BCUT2D eigenvalue weighted by molar-refractivity contribution is -0.144. The SMILES string of the molecule is CCOC(=O)CN(CCc1ccccc1)Cc1cnc(N)s1. The molecule has 0 radical (unpaired) electrons. The number of hydrogen-bond acceptors (Lipinski definition) is 6. The van der Waals surface area contributed by atoms with Crippen LogP contribution in [0.25, 0.3) is 0 Å². The number of benzene rings is 1. The summed E-state index contributed by atoms with van der Waals surface area (Å²) >= 11 is 1.45. The van der Waals surface area contributed by atoms with Crippen molar-refractivity contribution in [3.63, 3.8) is 0 Å². The van der Waals surface area contributed by atoms with Gasteiger partial charge in [-0.3, -0.25) is 9.69 Å². The van der Waals surface area contributed by atoms with Crippen LogP contribution in [-0.4, -0.2) is 35.5 Å².